The number of phenols is 1. The molecule has 0 bridgehead atoms. The van der Waals surface area contributed by atoms with E-state index < -0.39 is 0 Å². The van der Waals surface area contributed by atoms with Crippen molar-refractivity contribution in [3.8, 4) is 17.2 Å². The lowest BCUT2D eigenvalue weighted by atomic mass is 9.55. The third kappa shape index (κ3) is 3.74. The van der Waals surface area contributed by atoms with E-state index in [0.717, 1.165) is 54.7 Å². The molecule has 2 aromatic rings. The molecule has 2 fully saturated rings. The number of hydrogen-bond acceptors (Lipinski definition) is 6. The molecule has 0 radical (unpaired) electrons. The average Bonchev–Trinajstić information content (AvgIpc) is 3.13. The SMILES string of the molecule is COc1ccc(CON=C2C[C@@H]3[C@H](CC[C@]4(C)[C@@H](O)CC[C@@H]34)c3cc(OC)c(O)cc32)cc1. The van der Waals surface area contributed by atoms with Crippen molar-refractivity contribution in [1.29, 1.82) is 0 Å². The smallest absolute Gasteiger partial charge is 0.160 e. The van der Waals surface area contributed by atoms with Crippen LogP contribution in [0.15, 0.2) is 41.6 Å². The summed E-state index contributed by atoms with van der Waals surface area (Å²) < 4.78 is 10.7. The Morgan fingerprint density at radius 3 is 2.58 bits per heavy atom. The fourth-order valence-electron chi connectivity index (χ4n) is 6.56. The summed E-state index contributed by atoms with van der Waals surface area (Å²) in [7, 11) is 3.23. The Bertz CT molecular complexity index is 1050. The Morgan fingerprint density at radius 1 is 1.06 bits per heavy atom. The fourth-order valence-corrected chi connectivity index (χ4v) is 6.56. The maximum atomic E-state index is 10.7. The first kappa shape index (κ1) is 22.1. The van der Waals surface area contributed by atoms with Gasteiger partial charge in [-0.2, -0.15) is 0 Å². The van der Waals surface area contributed by atoms with Crippen molar-refractivity contribution in [1.82, 2.24) is 0 Å². The number of nitrogens with zero attached hydrogens (tertiary/aromatic N) is 1. The minimum Gasteiger partial charge on any atom is -0.504 e. The van der Waals surface area contributed by atoms with Crippen LogP contribution in [0.3, 0.4) is 0 Å². The van der Waals surface area contributed by atoms with Gasteiger partial charge in [0, 0.05) is 5.56 Å². The number of benzene rings is 2. The number of hydrogen-bond donors (Lipinski definition) is 2. The third-order valence-corrected chi connectivity index (χ3v) is 8.44. The highest BCUT2D eigenvalue weighted by Gasteiger charge is 2.55. The van der Waals surface area contributed by atoms with Crippen molar-refractivity contribution in [3.63, 3.8) is 0 Å². The Labute approximate surface area is 195 Å². The van der Waals surface area contributed by atoms with E-state index in [-0.39, 0.29) is 17.3 Å². The first-order chi connectivity index (χ1) is 15.9. The largest absolute Gasteiger partial charge is 0.504 e. The van der Waals surface area contributed by atoms with Crippen LogP contribution in [0.2, 0.25) is 0 Å². The maximum absolute atomic E-state index is 10.7. The molecule has 6 heteroatoms. The van der Waals surface area contributed by atoms with Crippen LogP contribution in [-0.4, -0.2) is 36.2 Å². The number of aromatic hydroxyl groups is 1. The molecule has 176 valence electrons. The van der Waals surface area contributed by atoms with Gasteiger partial charge < -0.3 is 24.5 Å². The van der Waals surface area contributed by atoms with E-state index in [1.165, 1.54) is 5.56 Å². The second-order valence-electron chi connectivity index (χ2n) is 9.99. The van der Waals surface area contributed by atoms with Crippen molar-refractivity contribution in [2.24, 2.45) is 22.4 Å². The molecule has 2 saturated carbocycles. The van der Waals surface area contributed by atoms with Crippen LogP contribution < -0.4 is 9.47 Å². The third-order valence-electron chi connectivity index (χ3n) is 8.44. The number of phenolic OH excluding ortho intramolecular Hbond substituents is 1. The minimum atomic E-state index is -0.231. The van der Waals surface area contributed by atoms with Gasteiger partial charge in [0.05, 0.1) is 26.0 Å². The molecule has 2 aromatic carbocycles. The normalized spacial score (nSPS) is 31.5. The highest BCUT2D eigenvalue weighted by Crippen LogP contribution is 2.61. The predicted molar refractivity (Wildman–Crippen MR) is 126 cm³/mol. The Balaban J connectivity index is 1.47. The lowest BCUT2D eigenvalue weighted by Crippen LogP contribution is -2.45. The van der Waals surface area contributed by atoms with Crippen LogP contribution >= 0.6 is 0 Å². The van der Waals surface area contributed by atoms with Crippen molar-refractivity contribution >= 4 is 5.71 Å². The van der Waals surface area contributed by atoms with Gasteiger partial charge in [-0.15, -0.1) is 0 Å². The van der Waals surface area contributed by atoms with Crippen LogP contribution in [0, 0.1) is 17.3 Å². The maximum Gasteiger partial charge on any atom is 0.160 e. The Kier molecular flexibility index (Phi) is 5.73. The monoisotopic (exact) mass is 451 g/mol. The average molecular weight is 452 g/mol. The number of aliphatic hydroxyl groups is 1. The van der Waals surface area contributed by atoms with Gasteiger partial charge in [-0.05, 0) is 90.7 Å². The number of oxime groups is 1. The van der Waals surface area contributed by atoms with E-state index in [1.807, 2.05) is 30.3 Å². The van der Waals surface area contributed by atoms with Crippen molar-refractivity contribution in [2.75, 3.05) is 14.2 Å². The molecular weight excluding hydrogens is 418 g/mol. The molecule has 0 amide bonds. The summed E-state index contributed by atoms with van der Waals surface area (Å²) in [4.78, 5) is 5.81. The summed E-state index contributed by atoms with van der Waals surface area (Å²) >= 11 is 0. The molecule has 3 aliphatic rings. The first-order valence-corrected chi connectivity index (χ1v) is 11.9. The second kappa shape index (κ2) is 8.56. The molecule has 2 N–H and O–H groups in total. The van der Waals surface area contributed by atoms with Crippen molar-refractivity contribution in [3.05, 3.63) is 53.1 Å². The Morgan fingerprint density at radius 2 is 1.85 bits per heavy atom. The van der Waals surface area contributed by atoms with Crippen LogP contribution in [0.5, 0.6) is 17.2 Å². The molecule has 0 unspecified atom stereocenters. The second-order valence-corrected chi connectivity index (χ2v) is 9.99. The first-order valence-electron chi connectivity index (χ1n) is 11.9. The summed E-state index contributed by atoms with van der Waals surface area (Å²) in [6, 6.07) is 11.5. The quantitative estimate of drug-likeness (QED) is 0.625. The lowest BCUT2D eigenvalue weighted by molar-refractivity contribution is -0.0180. The van der Waals surface area contributed by atoms with Crippen LogP contribution in [-0.2, 0) is 11.4 Å². The molecule has 0 aromatic heterocycles. The molecule has 5 atom stereocenters. The van der Waals surface area contributed by atoms with Gasteiger partial charge in [-0.25, -0.2) is 0 Å². The lowest BCUT2D eigenvalue weighted by Gasteiger charge is -2.50. The van der Waals surface area contributed by atoms with Crippen LogP contribution in [0.25, 0.3) is 0 Å². The topological polar surface area (TPSA) is 80.5 Å². The number of rotatable bonds is 5. The standard InChI is InChI=1S/C27H33NO5/c1-27-11-10-18-19-14-25(32-3)24(29)13-21(19)23(12-20(18)22(27)8-9-26(27)30)28-33-15-16-4-6-17(31-2)7-5-16/h4-7,13-14,18,20,22,26,29-30H,8-12,15H2,1-3H3/t18-,20-,22+,26+,27+/m1/s1. The highest BCUT2D eigenvalue weighted by atomic mass is 16.6. The van der Waals surface area contributed by atoms with E-state index in [4.69, 9.17) is 14.3 Å². The zero-order valence-corrected chi connectivity index (χ0v) is 19.6. The van der Waals surface area contributed by atoms with E-state index in [0.29, 0.717) is 30.1 Å². The number of methoxy groups -OCH3 is 2. The van der Waals surface area contributed by atoms with E-state index >= 15 is 0 Å². The molecule has 0 spiro atoms. The minimum absolute atomic E-state index is 0.0330. The molecular formula is C27H33NO5. The van der Waals surface area contributed by atoms with Gasteiger partial charge >= 0.3 is 0 Å². The zero-order chi connectivity index (χ0) is 23.2. The number of ether oxygens (including phenoxy) is 2. The van der Waals surface area contributed by atoms with Gasteiger partial charge in [0.25, 0.3) is 0 Å². The molecule has 6 nitrogen and oxygen atoms in total. The van der Waals surface area contributed by atoms with E-state index in [1.54, 1.807) is 20.3 Å². The molecule has 0 aliphatic heterocycles. The molecule has 5 rings (SSSR count). The summed E-state index contributed by atoms with van der Waals surface area (Å²) in [6.07, 6.45) is 4.52. The van der Waals surface area contributed by atoms with Gasteiger partial charge in [0.1, 0.15) is 12.4 Å². The summed E-state index contributed by atoms with van der Waals surface area (Å²) in [5.74, 6) is 2.64. The van der Waals surface area contributed by atoms with Gasteiger partial charge in [0.2, 0.25) is 0 Å². The van der Waals surface area contributed by atoms with Gasteiger partial charge in [0.15, 0.2) is 11.5 Å². The summed E-state index contributed by atoms with van der Waals surface area (Å²) in [5.41, 5.74) is 3.97. The van der Waals surface area contributed by atoms with E-state index in [9.17, 15) is 10.2 Å². The zero-order valence-electron chi connectivity index (χ0n) is 19.6. The summed E-state index contributed by atoms with van der Waals surface area (Å²) in [5, 5.41) is 25.8. The predicted octanol–water partition coefficient (Wildman–Crippen LogP) is 5.00. The fraction of sp³-hybridized carbons (Fsp3) is 0.519. The van der Waals surface area contributed by atoms with E-state index in [2.05, 4.69) is 12.1 Å². The number of fused-ring (bicyclic) bond motifs is 5. The molecule has 33 heavy (non-hydrogen) atoms. The highest BCUT2D eigenvalue weighted by molar-refractivity contribution is 6.03. The molecule has 0 saturated heterocycles. The number of aliphatic hydroxyl groups excluding tert-OH is 1. The van der Waals surface area contributed by atoms with Gasteiger partial charge in [-0.1, -0.05) is 24.2 Å². The molecule has 3 aliphatic carbocycles. The van der Waals surface area contributed by atoms with Crippen molar-refractivity contribution in [2.45, 2.75) is 57.7 Å². The summed E-state index contributed by atoms with van der Waals surface area (Å²) in [6.45, 7) is 2.62. The van der Waals surface area contributed by atoms with Crippen molar-refractivity contribution < 1.29 is 24.5 Å². The molecule has 0 heterocycles. The van der Waals surface area contributed by atoms with Gasteiger partial charge in [-0.3, -0.25) is 0 Å². The van der Waals surface area contributed by atoms with Crippen LogP contribution in [0.4, 0.5) is 0 Å². The Hall–Kier alpha value is -2.73. The van der Waals surface area contributed by atoms with Crippen LogP contribution in [0.1, 0.15) is 61.6 Å².